The molecule has 3 rings (SSSR count). The van der Waals surface area contributed by atoms with E-state index < -0.39 is 17.3 Å². The van der Waals surface area contributed by atoms with E-state index in [2.05, 4.69) is 46.4 Å². The minimum absolute atomic E-state index is 0.0290. The van der Waals surface area contributed by atoms with Crippen LogP contribution in [0.5, 0.6) is 0 Å². The molecule has 8 nitrogen and oxygen atoms in total. The summed E-state index contributed by atoms with van der Waals surface area (Å²) < 4.78 is 11.2. The highest BCUT2D eigenvalue weighted by Gasteiger charge is 2.34. The summed E-state index contributed by atoms with van der Waals surface area (Å²) in [5.41, 5.74) is 3.54. The lowest BCUT2D eigenvalue weighted by molar-refractivity contribution is 0.00707. The summed E-state index contributed by atoms with van der Waals surface area (Å²) in [5, 5.41) is 2.85. The van der Waals surface area contributed by atoms with Crippen LogP contribution in [0.1, 0.15) is 76.8 Å². The number of carbonyl (C=O) groups is 2. The maximum absolute atomic E-state index is 13.3. The molecule has 2 heterocycles. The van der Waals surface area contributed by atoms with Gasteiger partial charge in [0.2, 0.25) is 0 Å². The molecule has 8 heteroatoms. The largest absolute Gasteiger partial charge is 0.444 e. The quantitative estimate of drug-likeness (QED) is 0.403. The molecular formula is C31H46N4O4. The van der Waals surface area contributed by atoms with Crippen LogP contribution in [0, 0.1) is 6.92 Å². The molecule has 0 aliphatic carbocycles. The molecular weight excluding hydrogens is 492 g/mol. The average Bonchev–Trinajstić information content (AvgIpc) is 2.82. The molecule has 1 aromatic heterocycles. The van der Waals surface area contributed by atoms with Gasteiger partial charge in [-0.1, -0.05) is 30.3 Å². The van der Waals surface area contributed by atoms with E-state index in [0.717, 1.165) is 37.1 Å². The van der Waals surface area contributed by atoms with Gasteiger partial charge in [-0.15, -0.1) is 0 Å². The summed E-state index contributed by atoms with van der Waals surface area (Å²) in [6.07, 6.45) is 3.63. The Morgan fingerprint density at radius 3 is 2.36 bits per heavy atom. The Kier molecular flexibility index (Phi) is 10.4. The third-order valence-electron chi connectivity index (χ3n) is 6.51. The second kappa shape index (κ2) is 13.3. The van der Waals surface area contributed by atoms with Crippen molar-refractivity contribution in [3.63, 3.8) is 0 Å². The van der Waals surface area contributed by atoms with E-state index in [1.165, 1.54) is 11.1 Å². The van der Waals surface area contributed by atoms with Gasteiger partial charge in [0, 0.05) is 32.4 Å². The fourth-order valence-electron chi connectivity index (χ4n) is 4.68. The van der Waals surface area contributed by atoms with Crippen molar-refractivity contribution in [2.45, 2.75) is 98.1 Å². The highest BCUT2D eigenvalue weighted by atomic mass is 16.6. The molecule has 1 N–H and O–H groups in total. The monoisotopic (exact) mass is 538 g/mol. The van der Waals surface area contributed by atoms with Crippen LogP contribution in [0.25, 0.3) is 0 Å². The Labute approximate surface area is 234 Å². The van der Waals surface area contributed by atoms with Gasteiger partial charge in [-0.3, -0.25) is 14.8 Å². The molecule has 0 fully saturated rings. The van der Waals surface area contributed by atoms with E-state index >= 15 is 0 Å². The van der Waals surface area contributed by atoms with Gasteiger partial charge in [0.1, 0.15) is 11.2 Å². The van der Waals surface area contributed by atoms with Crippen LogP contribution in [0.15, 0.2) is 42.6 Å². The molecule has 39 heavy (non-hydrogen) atoms. The van der Waals surface area contributed by atoms with Crippen molar-refractivity contribution in [2.75, 3.05) is 19.6 Å². The lowest BCUT2D eigenvalue weighted by Crippen LogP contribution is -2.51. The topological polar surface area (TPSA) is 84.0 Å². The molecule has 2 aromatic rings. The SMILES string of the molecule is Cc1cccnc1CN(CCCCNC(=O)OC(C)(C)C)CC1Cc2ccccc2CN1C(=O)OC(C)(C)C. The maximum Gasteiger partial charge on any atom is 0.410 e. The molecule has 2 amide bonds. The van der Waals surface area contributed by atoms with Crippen molar-refractivity contribution in [3.05, 3.63) is 65.0 Å². The number of aryl methyl sites for hydroxylation is 1. The number of carbonyl (C=O) groups excluding carboxylic acids is 2. The first kappa shape index (κ1) is 30.4. The average molecular weight is 539 g/mol. The Morgan fingerprint density at radius 1 is 1.00 bits per heavy atom. The Morgan fingerprint density at radius 2 is 1.69 bits per heavy atom. The third-order valence-corrected chi connectivity index (χ3v) is 6.51. The molecule has 0 bridgehead atoms. The summed E-state index contributed by atoms with van der Waals surface area (Å²) in [5.74, 6) is 0. The first-order chi connectivity index (χ1) is 18.3. The Balaban J connectivity index is 1.71. The van der Waals surface area contributed by atoms with Gasteiger partial charge in [-0.2, -0.15) is 0 Å². The van der Waals surface area contributed by atoms with Crippen LogP contribution >= 0.6 is 0 Å². The van der Waals surface area contributed by atoms with Crippen molar-refractivity contribution in [1.82, 2.24) is 20.1 Å². The predicted molar refractivity (Wildman–Crippen MR) is 153 cm³/mol. The fraction of sp³-hybridized carbons (Fsp3) is 0.581. The number of pyridine rings is 1. The molecule has 1 unspecified atom stereocenters. The first-order valence-electron chi connectivity index (χ1n) is 14.0. The van der Waals surface area contributed by atoms with Crippen LogP contribution in [-0.2, 0) is 29.0 Å². The number of fused-ring (bicyclic) bond motifs is 1. The fourth-order valence-corrected chi connectivity index (χ4v) is 4.68. The Hall–Kier alpha value is -3.13. The Bertz CT molecular complexity index is 1110. The van der Waals surface area contributed by atoms with Crippen LogP contribution in [-0.4, -0.2) is 63.8 Å². The van der Waals surface area contributed by atoms with Crippen molar-refractivity contribution < 1.29 is 19.1 Å². The number of nitrogens with zero attached hydrogens (tertiary/aromatic N) is 3. The van der Waals surface area contributed by atoms with Gasteiger partial charge in [0.05, 0.1) is 11.7 Å². The van der Waals surface area contributed by atoms with E-state index in [4.69, 9.17) is 9.47 Å². The number of alkyl carbamates (subject to hydrolysis) is 1. The van der Waals surface area contributed by atoms with Crippen molar-refractivity contribution in [3.8, 4) is 0 Å². The summed E-state index contributed by atoms with van der Waals surface area (Å²) in [6, 6.07) is 12.3. The number of nitrogens with one attached hydrogen (secondary N) is 1. The van der Waals surface area contributed by atoms with Crippen molar-refractivity contribution in [2.24, 2.45) is 0 Å². The van der Waals surface area contributed by atoms with Crippen LogP contribution in [0.4, 0.5) is 9.59 Å². The number of hydrogen-bond acceptors (Lipinski definition) is 6. The van der Waals surface area contributed by atoms with Crippen LogP contribution in [0.2, 0.25) is 0 Å². The normalized spacial score (nSPS) is 15.6. The number of ether oxygens (including phenoxy) is 2. The van der Waals surface area contributed by atoms with E-state index in [-0.39, 0.29) is 12.1 Å². The number of hydrogen-bond donors (Lipinski definition) is 1. The lowest BCUT2D eigenvalue weighted by atomic mass is 9.93. The minimum Gasteiger partial charge on any atom is -0.444 e. The lowest BCUT2D eigenvalue weighted by Gasteiger charge is -2.40. The number of rotatable bonds is 9. The van der Waals surface area contributed by atoms with E-state index in [0.29, 0.717) is 26.2 Å². The summed E-state index contributed by atoms with van der Waals surface area (Å²) in [6.45, 7) is 16.6. The minimum atomic E-state index is -0.565. The molecule has 1 aliphatic heterocycles. The van der Waals surface area contributed by atoms with Crippen molar-refractivity contribution in [1.29, 1.82) is 0 Å². The predicted octanol–water partition coefficient (Wildman–Crippen LogP) is 5.86. The zero-order valence-corrected chi connectivity index (χ0v) is 24.8. The molecule has 0 radical (unpaired) electrons. The highest BCUT2D eigenvalue weighted by Crippen LogP contribution is 2.26. The van der Waals surface area contributed by atoms with Gasteiger partial charge in [0.25, 0.3) is 0 Å². The van der Waals surface area contributed by atoms with Crippen LogP contribution in [0.3, 0.4) is 0 Å². The van der Waals surface area contributed by atoms with Gasteiger partial charge < -0.3 is 14.8 Å². The van der Waals surface area contributed by atoms with Gasteiger partial charge >= 0.3 is 12.2 Å². The third kappa shape index (κ3) is 10.2. The second-order valence-corrected chi connectivity index (χ2v) is 12.4. The number of benzene rings is 1. The second-order valence-electron chi connectivity index (χ2n) is 12.4. The summed E-state index contributed by atoms with van der Waals surface area (Å²) in [4.78, 5) is 34.2. The van der Waals surface area contributed by atoms with E-state index in [1.807, 2.05) is 64.8 Å². The zero-order chi connectivity index (χ0) is 28.6. The van der Waals surface area contributed by atoms with E-state index in [9.17, 15) is 9.59 Å². The molecule has 1 atom stereocenters. The van der Waals surface area contributed by atoms with E-state index in [1.54, 1.807) is 0 Å². The van der Waals surface area contributed by atoms with Crippen LogP contribution < -0.4 is 5.32 Å². The molecule has 214 valence electrons. The molecule has 1 aromatic carbocycles. The molecule has 0 saturated carbocycles. The summed E-state index contributed by atoms with van der Waals surface area (Å²) in [7, 11) is 0. The van der Waals surface area contributed by atoms with Gasteiger partial charge in [-0.25, -0.2) is 9.59 Å². The highest BCUT2D eigenvalue weighted by molar-refractivity contribution is 5.69. The van der Waals surface area contributed by atoms with Gasteiger partial charge in [-0.05, 0) is 97.0 Å². The zero-order valence-electron chi connectivity index (χ0n) is 24.8. The summed E-state index contributed by atoms with van der Waals surface area (Å²) >= 11 is 0. The van der Waals surface area contributed by atoms with Gasteiger partial charge in [0.15, 0.2) is 0 Å². The van der Waals surface area contributed by atoms with Crippen molar-refractivity contribution >= 4 is 12.2 Å². The number of amides is 2. The molecule has 1 aliphatic rings. The smallest absolute Gasteiger partial charge is 0.410 e. The first-order valence-corrected chi connectivity index (χ1v) is 14.0. The standard InChI is InChI=1S/C31H46N4O4/c1-23-13-12-17-32-27(23)22-34(18-11-10-16-33-28(36)38-30(2,3)4)21-26-19-24-14-8-9-15-25(24)20-35(26)29(37)39-31(5,6)7/h8-9,12-15,17,26H,10-11,16,18-22H2,1-7H3,(H,33,36). The number of aromatic nitrogens is 1. The molecule has 0 saturated heterocycles. The molecule has 0 spiro atoms. The number of unbranched alkanes of at least 4 members (excludes halogenated alkanes) is 1. The maximum atomic E-state index is 13.3.